The zero-order valence-electron chi connectivity index (χ0n) is 19.8. The van der Waals surface area contributed by atoms with Crippen LogP contribution in [0.2, 0.25) is 0 Å². The Morgan fingerprint density at radius 3 is 2.82 bits per heavy atom. The number of rotatable bonds is 8. The van der Waals surface area contributed by atoms with Gasteiger partial charge < -0.3 is 15.1 Å². The van der Waals surface area contributed by atoms with Crippen molar-refractivity contribution in [1.82, 2.24) is 29.9 Å². The van der Waals surface area contributed by atoms with Crippen molar-refractivity contribution < 1.29 is 14.4 Å². The second-order valence-electron chi connectivity index (χ2n) is 10.1. The number of aromatic nitrogens is 3. The van der Waals surface area contributed by atoms with Crippen molar-refractivity contribution in [2.24, 2.45) is 17.8 Å². The molecule has 3 aliphatic rings. The molecule has 1 saturated heterocycles. The lowest BCUT2D eigenvalue weighted by Gasteiger charge is -2.30. The number of hydrogen-bond donors (Lipinski definition) is 1. The minimum Gasteiger partial charge on any atom is -0.344 e. The molecule has 1 atom stereocenters. The van der Waals surface area contributed by atoms with Gasteiger partial charge in [-0.3, -0.25) is 19.1 Å². The van der Waals surface area contributed by atoms with Gasteiger partial charge in [-0.1, -0.05) is 13.8 Å². The van der Waals surface area contributed by atoms with Gasteiger partial charge in [-0.25, -0.2) is 4.98 Å². The molecule has 34 heavy (non-hydrogen) atoms. The van der Waals surface area contributed by atoms with Crippen LogP contribution in [0.4, 0.5) is 0 Å². The molecule has 1 aliphatic carbocycles. The van der Waals surface area contributed by atoms with E-state index in [-0.39, 0.29) is 30.1 Å². The molecule has 1 saturated carbocycles. The Hall–Kier alpha value is -2.75. The van der Waals surface area contributed by atoms with Crippen LogP contribution < -0.4 is 5.32 Å². The molecular formula is C24H32N6O3S. The highest BCUT2D eigenvalue weighted by Gasteiger charge is 2.39. The molecule has 182 valence electrons. The van der Waals surface area contributed by atoms with Gasteiger partial charge in [-0.05, 0) is 24.7 Å². The van der Waals surface area contributed by atoms with Crippen molar-refractivity contribution in [1.29, 1.82) is 0 Å². The Kier molecular flexibility index (Phi) is 6.42. The number of carbonyl (C=O) groups excluding carboxylic acids is 3. The second kappa shape index (κ2) is 9.48. The molecule has 0 radical (unpaired) electrons. The molecular weight excluding hydrogens is 452 g/mol. The van der Waals surface area contributed by atoms with E-state index >= 15 is 0 Å². The maximum atomic E-state index is 13.4. The summed E-state index contributed by atoms with van der Waals surface area (Å²) in [5.74, 6) is 0.536. The van der Waals surface area contributed by atoms with Gasteiger partial charge in [0.25, 0.3) is 5.91 Å². The second-order valence-corrected chi connectivity index (χ2v) is 11.1. The first-order chi connectivity index (χ1) is 16.4. The van der Waals surface area contributed by atoms with Crippen LogP contribution in [0.15, 0.2) is 11.6 Å². The Labute approximate surface area is 203 Å². The van der Waals surface area contributed by atoms with E-state index in [4.69, 9.17) is 5.10 Å². The van der Waals surface area contributed by atoms with E-state index in [0.29, 0.717) is 56.7 Å². The third-order valence-electron chi connectivity index (χ3n) is 6.82. The van der Waals surface area contributed by atoms with Crippen molar-refractivity contribution in [3.8, 4) is 0 Å². The first kappa shape index (κ1) is 23.0. The highest BCUT2D eigenvalue weighted by molar-refractivity contribution is 7.09. The molecule has 2 aromatic heterocycles. The standard InChI is InChI=1S/C24H32N6O3S/c1-15(2)11-29-13-17(9-21(29)31)24(33)28-7-5-19-18(14-28)22(27-30(19)12-16-3-4-16)23(32)26-10-20-25-6-8-34-20/h6,8,15-17H,3-5,7,9-14H2,1-2H3,(H,26,32). The van der Waals surface area contributed by atoms with E-state index in [2.05, 4.69) is 24.1 Å². The molecule has 1 N–H and O–H groups in total. The third-order valence-corrected chi connectivity index (χ3v) is 7.60. The SMILES string of the molecule is CC(C)CN1CC(C(=O)N2CCc3c(c(C(=O)NCc4nccs4)nn3CC3CC3)C2)CC1=O. The quantitative estimate of drug-likeness (QED) is 0.618. The monoisotopic (exact) mass is 484 g/mol. The molecule has 2 aliphatic heterocycles. The van der Waals surface area contributed by atoms with Crippen molar-refractivity contribution in [3.05, 3.63) is 33.5 Å². The first-order valence-electron chi connectivity index (χ1n) is 12.2. The fraction of sp³-hybridized carbons (Fsp3) is 0.625. The zero-order chi connectivity index (χ0) is 23.8. The normalized spacial score (nSPS) is 20.2. The van der Waals surface area contributed by atoms with Crippen LogP contribution in [-0.2, 0) is 35.6 Å². The van der Waals surface area contributed by atoms with E-state index < -0.39 is 0 Å². The van der Waals surface area contributed by atoms with Gasteiger partial charge in [0, 0.05) is 68.4 Å². The molecule has 10 heteroatoms. The van der Waals surface area contributed by atoms with Crippen molar-refractivity contribution in [2.45, 2.75) is 59.2 Å². The summed E-state index contributed by atoms with van der Waals surface area (Å²) in [7, 11) is 0. The van der Waals surface area contributed by atoms with E-state index in [1.165, 1.54) is 24.2 Å². The van der Waals surface area contributed by atoms with Crippen LogP contribution in [0.5, 0.6) is 0 Å². The largest absolute Gasteiger partial charge is 0.344 e. The van der Waals surface area contributed by atoms with Gasteiger partial charge in [0.1, 0.15) is 5.01 Å². The lowest BCUT2D eigenvalue weighted by molar-refractivity contribution is -0.136. The molecule has 4 heterocycles. The molecule has 2 fully saturated rings. The van der Waals surface area contributed by atoms with E-state index in [1.54, 1.807) is 6.20 Å². The molecule has 1 unspecified atom stereocenters. The summed E-state index contributed by atoms with van der Waals surface area (Å²) in [5, 5.41) is 10.4. The molecule has 0 spiro atoms. The number of amides is 3. The summed E-state index contributed by atoms with van der Waals surface area (Å²) in [6, 6.07) is 0. The number of carbonyl (C=O) groups is 3. The van der Waals surface area contributed by atoms with Gasteiger partial charge >= 0.3 is 0 Å². The average molecular weight is 485 g/mol. The Balaban J connectivity index is 1.32. The molecule has 5 rings (SSSR count). The van der Waals surface area contributed by atoms with Crippen LogP contribution in [0.1, 0.15) is 59.9 Å². The van der Waals surface area contributed by atoms with Gasteiger partial charge in [0.05, 0.1) is 12.5 Å². The summed E-state index contributed by atoms with van der Waals surface area (Å²) in [4.78, 5) is 46.7. The van der Waals surface area contributed by atoms with Crippen LogP contribution in [0, 0.1) is 17.8 Å². The fourth-order valence-electron chi connectivity index (χ4n) is 4.95. The third kappa shape index (κ3) is 4.87. The smallest absolute Gasteiger partial charge is 0.272 e. The fourth-order valence-corrected chi connectivity index (χ4v) is 5.51. The van der Waals surface area contributed by atoms with Gasteiger partial charge in [0.2, 0.25) is 11.8 Å². The number of hydrogen-bond acceptors (Lipinski definition) is 6. The van der Waals surface area contributed by atoms with Crippen LogP contribution in [0.25, 0.3) is 0 Å². The molecule has 3 amide bonds. The van der Waals surface area contributed by atoms with Crippen molar-refractivity contribution in [3.63, 3.8) is 0 Å². The summed E-state index contributed by atoms with van der Waals surface area (Å²) in [5.41, 5.74) is 2.33. The molecule has 9 nitrogen and oxygen atoms in total. The van der Waals surface area contributed by atoms with Gasteiger partial charge in [-0.15, -0.1) is 11.3 Å². The van der Waals surface area contributed by atoms with Crippen LogP contribution >= 0.6 is 11.3 Å². The van der Waals surface area contributed by atoms with Crippen molar-refractivity contribution >= 4 is 29.1 Å². The predicted molar refractivity (Wildman–Crippen MR) is 127 cm³/mol. The predicted octanol–water partition coefficient (Wildman–Crippen LogP) is 2.07. The maximum Gasteiger partial charge on any atom is 0.272 e. The Bertz CT molecular complexity index is 1070. The topological polar surface area (TPSA) is 100 Å². The summed E-state index contributed by atoms with van der Waals surface area (Å²) < 4.78 is 2.00. The number of likely N-dealkylation sites (tertiary alicyclic amines) is 1. The van der Waals surface area contributed by atoms with Crippen LogP contribution in [0.3, 0.4) is 0 Å². The number of nitrogens with zero attached hydrogens (tertiary/aromatic N) is 5. The summed E-state index contributed by atoms with van der Waals surface area (Å²) in [6.45, 7) is 7.48. The lowest BCUT2D eigenvalue weighted by atomic mass is 10.0. The maximum absolute atomic E-state index is 13.4. The highest BCUT2D eigenvalue weighted by atomic mass is 32.1. The highest BCUT2D eigenvalue weighted by Crippen LogP contribution is 2.33. The lowest BCUT2D eigenvalue weighted by Crippen LogP contribution is -2.41. The number of fused-ring (bicyclic) bond motifs is 1. The minimum atomic E-state index is -0.309. The first-order valence-corrected chi connectivity index (χ1v) is 13.1. The summed E-state index contributed by atoms with van der Waals surface area (Å²) >= 11 is 1.50. The molecule has 0 bridgehead atoms. The van der Waals surface area contributed by atoms with Crippen LogP contribution in [-0.4, -0.2) is 61.9 Å². The van der Waals surface area contributed by atoms with Gasteiger partial charge in [-0.2, -0.15) is 5.10 Å². The summed E-state index contributed by atoms with van der Waals surface area (Å²) in [6.07, 6.45) is 5.08. The van der Waals surface area contributed by atoms with E-state index in [0.717, 1.165) is 22.8 Å². The molecule has 2 aromatic rings. The average Bonchev–Trinajstić information content (AvgIpc) is 3.18. The Morgan fingerprint density at radius 2 is 2.12 bits per heavy atom. The number of thiazole rings is 1. The van der Waals surface area contributed by atoms with E-state index in [9.17, 15) is 14.4 Å². The van der Waals surface area contributed by atoms with Crippen molar-refractivity contribution in [2.75, 3.05) is 19.6 Å². The van der Waals surface area contributed by atoms with E-state index in [1.807, 2.05) is 19.9 Å². The minimum absolute atomic E-state index is 0.00865. The number of nitrogens with one attached hydrogen (secondary N) is 1. The van der Waals surface area contributed by atoms with Gasteiger partial charge in [0.15, 0.2) is 5.69 Å². The Morgan fingerprint density at radius 1 is 1.29 bits per heavy atom. The molecule has 0 aromatic carbocycles. The zero-order valence-corrected chi connectivity index (χ0v) is 20.6.